The Bertz CT molecular complexity index is 905. The molecule has 5 nitrogen and oxygen atoms in total. The van der Waals surface area contributed by atoms with Gasteiger partial charge in [-0.25, -0.2) is 12.7 Å². The third-order valence-electron chi connectivity index (χ3n) is 5.65. The molecule has 1 N–H and O–H groups in total. The van der Waals surface area contributed by atoms with Crippen LogP contribution in [0.1, 0.15) is 31.7 Å². The molecule has 1 aliphatic heterocycles. The van der Waals surface area contributed by atoms with Crippen LogP contribution in [-0.4, -0.2) is 38.0 Å². The highest BCUT2D eigenvalue weighted by Gasteiger charge is 2.33. The third-order valence-corrected chi connectivity index (χ3v) is 6.92. The number of carbonyl (C=O) groups excluding carboxylic acids is 1. The molecule has 27 heavy (non-hydrogen) atoms. The Kier molecular flexibility index (Phi) is 6.17. The van der Waals surface area contributed by atoms with E-state index in [1.807, 2.05) is 24.3 Å². The van der Waals surface area contributed by atoms with Gasteiger partial charge in [-0.1, -0.05) is 55.8 Å². The van der Waals surface area contributed by atoms with Crippen LogP contribution in [0, 0.1) is 11.8 Å². The molecule has 2 aromatic carbocycles. The largest absolute Gasteiger partial charge is 0.352 e. The fourth-order valence-electron chi connectivity index (χ4n) is 4.03. The summed E-state index contributed by atoms with van der Waals surface area (Å²) < 4.78 is 25.1. The Morgan fingerprint density at radius 1 is 1.15 bits per heavy atom. The molecule has 0 radical (unpaired) electrons. The standard InChI is InChI=1S/C21H28N2O3S/c1-3-16-15-23(27(2,25)26)12-11-18(16)13-21(24)22-14-19-9-6-8-17-7-4-5-10-20(17)19/h4-10,16,18H,3,11-15H2,1-2H3,(H,22,24)/t16-,18-/m0/s1. The van der Waals surface area contributed by atoms with Crippen molar-refractivity contribution >= 4 is 26.7 Å². The molecular formula is C21H28N2O3S. The van der Waals surface area contributed by atoms with Gasteiger partial charge in [0.2, 0.25) is 15.9 Å². The Hall–Kier alpha value is -1.92. The number of piperidine rings is 1. The molecule has 146 valence electrons. The summed E-state index contributed by atoms with van der Waals surface area (Å²) in [5.74, 6) is 0.511. The Morgan fingerprint density at radius 2 is 1.89 bits per heavy atom. The molecular weight excluding hydrogens is 360 g/mol. The molecule has 2 aromatic rings. The van der Waals surface area contributed by atoms with E-state index in [2.05, 4.69) is 30.4 Å². The van der Waals surface area contributed by atoms with E-state index in [-0.39, 0.29) is 17.7 Å². The summed E-state index contributed by atoms with van der Waals surface area (Å²) in [5.41, 5.74) is 1.11. The van der Waals surface area contributed by atoms with Crippen LogP contribution < -0.4 is 5.32 Å². The van der Waals surface area contributed by atoms with Crippen LogP contribution in [-0.2, 0) is 21.4 Å². The average molecular weight is 389 g/mol. The minimum absolute atomic E-state index is 0.0409. The predicted octanol–water partition coefficient (Wildman–Crippen LogP) is 3.15. The summed E-state index contributed by atoms with van der Waals surface area (Å²) in [4.78, 5) is 12.5. The SMILES string of the molecule is CC[C@H]1CN(S(C)(=O)=O)CC[C@H]1CC(=O)NCc1cccc2ccccc12. The predicted molar refractivity (Wildman–Crippen MR) is 109 cm³/mol. The maximum absolute atomic E-state index is 12.5. The number of benzene rings is 2. The Labute approximate surface area is 161 Å². The smallest absolute Gasteiger partial charge is 0.220 e. The van der Waals surface area contributed by atoms with Gasteiger partial charge in [-0.2, -0.15) is 0 Å². The van der Waals surface area contributed by atoms with Crippen molar-refractivity contribution in [3.05, 3.63) is 48.0 Å². The van der Waals surface area contributed by atoms with Gasteiger partial charge in [-0.3, -0.25) is 4.79 Å². The summed E-state index contributed by atoms with van der Waals surface area (Å²) in [5, 5.41) is 5.38. The molecule has 1 amide bonds. The Balaban J connectivity index is 1.59. The van der Waals surface area contributed by atoms with Crippen molar-refractivity contribution in [3.8, 4) is 0 Å². The molecule has 1 saturated heterocycles. The van der Waals surface area contributed by atoms with Crippen molar-refractivity contribution in [2.45, 2.75) is 32.7 Å². The first-order valence-electron chi connectivity index (χ1n) is 9.57. The van der Waals surface area contributed by atoms with Gasteiger partial charge in [0.1, 0.15) is 0 Å². The highest BCUT2D eigenvalue weighted by molar-refractivity contribution is 7.88. The zero-order valence-corrected chi connectivity index (χ0v) is 16.8. The zero-order chi connectivity index (χ0) is 19.4. The third kappa shape index (κ3) is 4.87. The first-order valence-corrected chi connectivity index (χ1v) is 11.4. The highest BCUT2D eigenvalue weighted by atomic mass is 32.2. The molecule has 2 atom stereocenters. The van der Waals surface area contributed by atoms with E-state index in [9.17, 15) is 13.2 Å². The number of nitrogens with zero attached hydrogens (tertiary/aromatic N) is 1. The summed E-state index contributed by atoms with van der Waals surface area (Å²) >= 11 is 0. The first-order chi connectivity index (χ1) is 12.9. The van der Waals surface area contributed by atoms with Crippen molar-refractivity contribution < 1.29 is 13.2 Å². The van der Waals surface area contributed by atoms with Crippen molar-refractivity contribution in [2.24, 2.45) is 11.8 Å². The van der Waals surface area contributed by atoms with Crippen molar-refractivity contribution in [2.75, 3.05) is 19.3 Å². The number of fused-ring (bicyclic) bond motifs is 1. The van der Waals surface area contributed by atoms with Crippen molar-refractivity contribution in [3.63, 3.8) is 0 Å². The van der Waals surface area contributed by atoms with Gasteiger partial charge in [-0.15, -0.1) is 0 Å². The van der Waals surface area contributed by atoms with E-state index in [1.54, 1.807) is 4.31 Å². The quantitative estimate of drug-likeness (QED) is 0.827. The second-order valence-corrected chi connectivity index (χ2v) is 9.44. The van der Waals surface area contributed by atoms with Gasteiger partial charge in [-0.05, 0) is 34.6 Å². The zero-order valence-electron chi connectivity index (χ0n) is 16.0. The second kappa shape index (κ2) is 8.40. The highest BCUT2D eigenvalue weighted by Crippen LogP contribution is 2.30. The van der Waals surface area contributed by atoms with E-state index >= 15 is 0 Å². The lowest BCUT2D eigenvalue weighted by molar-refractivity contribution is -0.122. The molecule has 0 saturated carbocycles. The molecule has 1 heterocycles. The topological polar surface area (TPSA) is 66.5 Å². The van der Waals surface area contributed by atoms with Crippen molar-refractivity contribution in [1.82, 2.24) is 9.62 Å². The van der Waals surface area contributed by atoms with E-state index in [4.69, 9.17) is 0 Å². The van der Waals surface area contributed by atoms with Gasteiger partial charge in [0.25, 0.3) is 0 Å². The fourth-order valence-corrected chi connectivity index (χ4v) is 4.93. The second-order valence-electron chi connectivity index (χ2n) is 7.46. The molecule has 0 unspecified atom stereocenters. The van der Waals surface area contributed by atoms with E-state index in [0.717, 1.165) is 23.8 Å². The molecule has 6 heteroatoms. The first kappa shape index (κ1) is 19.8. The number of hydrogen-bond donors (Lipinski definition) is 1. The van der Waals surface area contributed by atoms with E-state index in [1.165, 1.54) is 11.6 Å². The molecule has 0 spiro atoms. The molecule has 0 aromatic heterocycles. The molecule has 3 rings (SSSR count). The van der Waals surface area contributed by atoms with E-state index < -0.39 is 10.0 Å². The van der Waals surface area contributed by atoms with Gasteiger partial charge in [0.05, 0.1) is 6.26 Å². The van der Waals surface area contributed by atoms with Crippen LogP contribution in [0.5, 0.6) is 0 Å². The van der Waals surface area contributed by atoms with Crippen molar-refractivity contribution in [1.29, 1.82) is 0 Å². The molecule has 1 fully saturated rings. The van der Waals surface area contributed by atoms with Gasteiger partial charge < -0.3 is 5.32 Å². The maximum atomic E-state index is 12.5. The maximum Gasteiger partial charge on any atom is 0.220 e. The summed E-state index contributed by atoms with van der Waals surface area (Å²) in [6, 6.07) is 14.3. The Morgan fingerprint density at radius 3 is 2.63 bits per heavy atom. The fraction of sp³-hybridized carbons (Fsp3) is 0.476. The lowest BCUT2D eigenvalue weighted by atomic mass is 9.82. The van der Waals surface area contributed by atoms with Crippen LogP contribution in [0.4, 0.5) is 0 Å². The van der Waals surface area contributed by atoms with Gasteiger partial charge >= 0.3 is 0 Å². The number of nitrogens with one attached hydrogen (secondary N) is 1. The van der Waals surface area contributed by atoms with Crippen LogP contribution in [0.15, 0.2) is 42.5 Å². The molecule has 0 aliphatic carbocycles. The molecule has 1 aliphatic rings. The molecule has 0 bridgehead atoms. The van der Waals surface area contributed by atoms with E-state index in [0.29, 0.717) is 26.1 Å². The number of carbonyl (C=O) groups is 1. The minimum Gasteiger partial charge on any atom is -0.352 e. The van der Waals surface area contributed by atoms with Crippen LogP contribution in [0.2, 0.25) is 0 Å². The number of hydrogen-bond acceptors (Lipinski definition) is 3. The normalized spacial score (nSPS) is 21.3. The monoisotopic (exact) mass is 388 g/mol. The van der Waals surface area contributed by atoms with Gasteiger partial charge in [0, 0.05) is 26.1 Å². The average Bonchev–Trinajstić information content (AvgIpc) is 2.65. The van der Waals surface area contributed by atoms with Gasteiger partial charge in [0.15, 0.2) is 0 Å². The van der Waals surface area contributed by atoms with Crippen LogP contribution in [0.25, 0.3) is 10.8 Å². The number of rotatable bonds is 6. The van der Waals surface area contributed by atoms with Crippen LogP contribution >= 0.6 is 0 Å². The number of sulfonamides is 1. The van der Waals surface area contributed by atoms with Crippen LogP contribution in [0.3, 0.4) is 0 Å². The number of amides is 1. The lowest BCUT2D eigenvalue weighted by Crippen LogP contribution is -2.44. The summed E-state index contributed by atoms with van der Waals surface area (Å²) in [7, 11) is -3.16. The summed E-state index contributed by atoms with van der Waals surface area (Å²) in [6.45, 7) is 3.61. The minimum atomic E-state index is -3.16. The lowest BCUT2D eigenvalue weighted by Gasteiger charge is -2.36. The summed E-state index contributed by atoms with van der Waals surface area (Å²) in [6.07, 6.45) is 3.35.